The molecule has 2 fully saturated rings. The summed E-state index contributed by atoms with van der Waals surface area (Å²) >= 11 is 0. The van der Waals surface area contributed by atoms with Crippen molar-refractivity contribution in [2.45, 2.75) is 71.1 Å². The van der Waals surface area contributed by atoms with Crippen molar-refractivity contribution in [2.24, 2.45) is 17.8 Å². The van der Waals surface area contributed by atoms with Gasteiger partial charge in [0.1, 0.15) is 0 Å². The zero-order valence-electron chi connectivity index (χ0n) is 14.2. The third-order valence-corrected chi connectivity index (χ3v) is 5.48. The quantitative estimate of drug-likeness (QED) is 0.662. The first-order valence-corrected chi connectivity index (χ1v) is 9.23. The molecule has 0 aromatic rings. The molecule has 1 heterocycles. The van der Waals surface area contributed by atoms with Crippen LogP contribution in [0, 0.1) is 17.8 Å². The Balaban J connectivity index is 0.00000242. The van der Waals surface area contributed by atoms with E-state index in [1.807, 2.05) is 0 Å². The molecule has 22 heavy (non-hydrogen) atoms. The number of unbranched alkanes of at least 4 members (excludes halogenated alkanes) is 1. The van der Waals surface area contributed by atoms with Gasteiger partial charge in [-0.2, -0.15) is 0 Å². The summed E-state index contributed by atoms with van der Waals surface area (Å²) in [6, 6.07) is 0. The fraction of sp³-hybridized carbons (Fsp3) is 0.944. The van der Waals surface area contributed by atoms with Gasteiger partial charge in [-0.25, -0.2) is 0 Å². The van der Waals surface area contributed by atoms with Gasteiger partial charge in [-0.15, -0.1) is 12.4 Å². The molecule has 4 heteroatoms. The molecule has 2 atom stereocenters. The third-order valence-electron chi connectivity index (χ3n) is 5.48. The number of rotatable bonds is 8. The molecule has 0 bridgehead atoms. The van der Waals surface area contributed by atoms with Gasteiger partial charge in [0, 0.05) is 13.0 Å². The number of carbonyl (C=O) groups is 1. The van der Waals surface area contributed by atoms with Crippen molar-refractivity contribution in [2.75, 3.05) is 19.6 Å². The average Bonchev–Trinajstić information content (AvgIpc) is 3.01. The highest BCUT2D eigenvalue weighted by molar-refractivity contribution is 5.85. The van der Waals surface area contributed by atoms with Crippen LogP contribution in [0.5, 0.6) is 0 Å². The Morgan fingerprint density at radius 3 is 2.64 bits per heavy atom. The number of nitrogens with one attached hydrogen (secondary N) is 2. The fourth-order valence-corrected chi connectivity index (χ4v) is 3.98. The second kappa shape index (κ2) is 11.3. The van der Waals surface area contributed by atoms with E-state index in [1.54, 1.807) is 0 Å². The summed E-state index contributed by atoms with van der Waals surface area (Å²) in [5.74, 6) is 2.44. The summed E-state index contributed by atoms with van der Waals surface area (Å²) in [7, 11) is 0. The molecule has 130 valence electrons. The number of hydrogen-bond acceptors (Lipinski definition) is 2. The van der Waals surface area contributed by atoms with Gasteiger partial charge in [0.15, 0.2) is 0 Å². The molecule has 1 saturated carbocycles. The maximum absolute atomic E-state index is 12.0. The van der Waals surface area contributed by atoms with E-state index in [0.717, 1.165) is 32.0 Å². The lowest BCUT2D eigenvalue weighted by molar-refractivity contribution is -0.122. The lowest BCUT2D eigenvalue weighted by Gasteiger charge is -2.28. The predicted molar refractivity (Wildman–Crippen MR) is 95.4 cm³/mol. The molecule has 1 aliphatic carbocycles. The van der Waals surface area contributed by atoms with E-state index in [4.69, 9.17) is 0 Å². The van der Waals surface area contributed by atoms with Gasteiger partial charge >= 0.3 is 0 Å². The second-order valence-electron chi connectivity index (χ2n) is 7.28. The first-order chi connectivity index (χ1) is 10.3. The minimum absolute atomic E-state index is 0. The average molecular weight is 331 g/mol. The van der Waals surface area contributed by atoms with Crippen molar-refractivity contribution in [3.63, 3.8) is 0 Å². The van der Waals surface area contributed by atoms with Gasteiger partial charge in [-0.05, 0) is 50.1 Å². The lowest BCUT2D eigenvalue weighted by Crippen LogP contribution is -2.35. The third kappa shape index (κ3) is 7.32. The molecule has 2 aliphatic rings. The first kappa shape index (κ1) is 19.8. The van der Waals surface area contributed by atoms with Gasteiger partial charge in [-0.1, -0.05) is 45.4 Å². The Morgan fingerprint density at radius 1 is 1.18 bits per heavy atom. The molecule has 0 spiro atoms. The van der Waals surface area contributed by atoms with Crippen molar-refractivity contribution in [1.82, 2.24) is 10.6 Å². The molecule has 2 rings (SSSR count). The Morgan fingerprint density at radius 2 is 1.95 bits per heavy atom. The highest BCUT2D eigenvalue weighted by atomic mass is 35.5. The summed E-state index contributed by atoms with van der Waals surface area (Å²) in [5.41, 5.74) is 0. The van der Waals surface area contributed by atoms with E-state index in [2.05, 4.69) is 17.6 Å². The van der Waals surface area contributed by atoms with Crippen LogP contribution >= 0.6 is 12.4 Å². The molecular weight excluding hydrogens is 296 g/mol. The monoisotopic (exact) mass is 330 g/mol. The molecule has 1 amide bonds. The van der Waals surface area contributed by atoms with Crippen molar-refractivity contribution in [3.8, 4) is 0 Å². The van der Waals surface area contributed by atoms with Crippen LogP contribution in [0.1, 0.15) is 71.1 Å². The predicted octanol–water partition coefficient (Wildman–Crippen LogP) is 3.91. The van der Waals surface area contributed by atoms with Gasteiger partial charge in [0.2, 0.25) is 5.91 Å². The highest BCUT2D eigenvalue weighted by Crippen LogP contribution is 2.28. The summed E-state index contributed by atoms with van der Waals surface area (Å²) in [6.07, 6.45) is 12.8. The molecule has 0 aromatic heterocycles. The van der Waals surface area contributed by atoms with E-state index in [9.17, 15) is 4.79 Å². The number of hydrogen-bond donors (Lipinski definition) is 2. The second-order valence-corrected chi connectivity index (χ2v) is 7.28. The zero-order valence-corrected chi connectivity index (χ0v) is 15.1. The van der Waals surface area contributed by atoms with E-state index in [1.165, 1.54) is 51.4 Å². The summed E-state index contributed by atoms with van der Waals surface area (Å²) in [4.78, 5) is 12.0. The van der Waals surface area contributed by atoms with Crippen LogP contribution in [-0.4, -0.2) is 25.5 Å². The molecule has 1 saturated heterocycles. The number of carbonyl (C=O) groups excluding carboxylic acids is 1. The SMILES string of the molecule is CC(CC(=O)NCCCCC1CCCC1)C1CCCNC1.Cl. The van der Waals surface area contributed by atoms with Gasteiger partial charge < -0.3 is 10.6 Å². The highest BCUT2D eigenvalue weighted by Gasteiger charge is 2.21. The van der Waals surface area contributed by atoms with Gasteiger partial charge in [0.25, 0.3) is 0 Å². The van der Waals surface area contributed by atoms with Crippen LogP contribution < -0.4 is 10.6 Å². The number of piperidine rings is 1. The first-order valence-electron chi connectivity index (χ1n) is 9.23. The maximum atomic E-state index is 12.0. The standard InChI is InChI=1S/C18H34N2O.ClH/c1-15(17-10-6-11-19-14-17)13-18(21)20-12-5-4-9-16-7-2-3-8-16;/h15-17,19H,2-14H2,1H3,(H,20,21);1H. The van der Waals surface area contributed by atoms with Crippen molar-refractivity contribution >= 4 is 18.3 Å². The van der Waals surface area contributed by atoms with Gasteiger partial charge in [-0.3, -0.25) is 4.79 Å². The Hall–Kier alpha value is -0.280. The van der Waals surface area contributed by atoms with Crippen LogP contribution in [-0.2, 0) is 4.79 Å². The maximum Gasteiger partial charge on any atom is 0.220 e. The fourth-order valence-electron chi connectivity index (χ4n) is 3.98. The Kier molecular flexibility index (Phi) is 10.1. The Labute approximate surface area is 142 Å². The van der Waals surface area contributed by atoms with Crippen LogP contribution in [0.15, 0.2) is 0 Å². The molecule has 2 unspecified atom stereocenters. The smallest absolute Gasteiger partial charge is 0.220 e. The van der Waals surface area contributed by atoms with Crippen LogP contribution in [0.2, 0.25) is 0 Å². The molecule has 3 nitrogen and oxygen atoms in total. The molecule has 2 N–H and O–H groups in total. The topological polar surface area (TPSA) is 41.1 Å². The van der Waals surface area contributed by atoms with Crippen molar-refractivity contribution in [1.29, 1.82) is 0 Å². The zero-order chi connectivity index (χ0) is 14.9. The molecular formula is C18H35ClN2O. The molecule has 0 radical (unpaired) electrons. The lowest BCUT2D eigenvalue weighted by atomic mass is 9.85. The Bertz CT molecular complexity index is 299. The van der Waals surface area contributed by atoms with Crippen LogP contribution in [0.25, 0.3) is 0 Å². The normalized spacial score (nSPS) is 23.8. The molecule has 1 aliphatic heterocycles. The van der Waals surface area contributed by atoms with Crippen LogP contribution in [0.3, 0.4) is 0 Å². The minimum atomic E-state index is 0. The van der Waals surface area contributed by atoms with Crippen LogP contribution in [0.4, 0.5) is 0 Å². The van der Waals surface area contributed by atoms with E-state index < -0.39 is 0 Å². The minimum Gasteiger partial charge on any atom is -0.356 e. The number of halogens is 1. The van der Waals surface area contributed by atoms with Gasteiger partial charge in [0.05, 0.1) is 0 Å². The van der Waals surface area contributed by atoms with Crippen molar-refractivity contribution in [3.05, 3.63) is 0 Å². The molecule has 0 aromatic carbocycles. The summed E-state index contributed by atoms with van der Waals surface area (Å²) in [6.45, 7) is 5.35. The largest absolute Gasteiger partial charge is 0.356 e. The number of amides is 1. The summed E-state index contributed by atoms with van der Waals surface area (Å²) < 4.78 is 0. The van der Waals surface area contributed by atoms with E-state index in [-0.39, 0.29) is 18.3 Å². The summed E-state index contributed by atoms with van der Waals surface area (Å²) in [5, 5.41) is 6.56. The van der Waals surface area contributed by atoms with Crippen molar-refractivity contribution < 1.29 is 4.79 Å². The van der Waals surface area contributed by atoms with E-state index in [0.29, 0.717) is 18.3 Å². The van der Waals surface area contributed by atoms with E-state index >= 15 is 0 Å².